The molecule has 1 amide bonds. The molecule has 1 atom stereocenters. The number of hydrogen-bond acceptors (Lipinski definition) is 4. The molecule has 14 heavy (non-hydrogen) atoms. The minimum Gasteiger partial charge on any atom is -0.746 e. The van der Waals surface area contributed by atoms with Crippen LogP contribution < -0.4 is 56.7 Å². The molecule has 0 heterocycles. The van der Waals surface area contributed by atoms with Gasteiger partial charge >= 0.3 is 51.4 Å². The standard InChI is InChI=1S/C7H13NO4S.K/c1-4-6(13(10,11)12)8-7(9)5(2)3;/h6H,2,4H2,1,3H3,(H,8,9)(H,10,11,12);/q;+1/p-1. The fourth-order valence-corrected chi connectivity index (χ4v) is 1.31. The van der Waals surface area contributed by atoms with Gasteiger partial charge < -0.3 is 9.87 Å². The number of nitrogens with one attached hydrogen (secondary N) is 1. The molecule has 0 saturated heterocycles. The maximum atomic E-state index is 10.9. The van der Waals surface area contributed by atoms with Crippen molar-refractivity contribution in [2.24, 2.45) is 0 Å². The molecule has 0 radical (unpaired) electrons. The number of carbonyl (C=O) groups excluding carboxylic acids is 1. The Bertz CT molecular complexity index is 312. The Morgan fingerprint density at radius 3 is 2.21 bits per heavy atom. The van der Waals surface area contributed by atoms with Crippen LogP contribution in [0.5, 0.6) is 0 Å². The van der Waals surface area contributed by atoms with Crippen molar-refractivity contribution in [3.8, 4) is 0 Å². The average molecular weight is 245 g/mol. The maximum Gasteiger partial charge on any atom is 1.00 e. The summed E-state index contributed by atoms with van der Waals surface area (Å²) < 4.78 is 31.6. The second-order valence-corrected chi connectivity index (χ2v) is 4.20. The van der Waals surface area contributed by atoms with Crippen LogP contribution in [0, 0.1) is 0 Å². The number of amides is 1. The molecule has 0 aromatic carbocycles. The molecule has 0 saturated carbocycles. The van der Waals surface area contributed by atoms with E-state index in [-0.39, 0.29) is 63.4 Å². The smallest absolute Gasteiger partial charge is 0.746 e. The zero-order chi connectivity index (χ0) is 10.6. The minimum absolute atomic E-state index is 0. The fourth-order valence-electron chi connectivity index (χ4n) is 0.648. The third kappa shape index (κ3) is 6.28. The van der Waals surface area contributed by atoms with Crippen LogP contribution in [0.15, 0.2) is 12.2 Å². The van der Waals surface area contributed by atoms with Crippen LogP contribution in [0.25, 0.3) is 0 Å². The molecular formula is C7H12KNO4S. The summed E-state index contributed by atoms with van der Waals surface area (Å²) in [6.45, 7) is 6.24. The zero-order valence-electron chi connectivity index (χ0n) is 8.53. The van der Waals surface area contributed by atoms with Crippen molar-refractivity contribution in [1.29, 1.82) is 0 Å². The van der Waals surface area contributed by atoms with Crippen LogP contribution in [0.3, 0.4) is 0 Å². The van der Waals surface area contributed by atoms with E-state index in [0.717, 1.165) is 0 Å². The topological polar surface area (TPSA) is 86.3 Å². The molecule has 0 aromatic heterocycles. The zero-order valence-corrected chi connectivity index (χ0v) is 12.5. The van der Waals surface area contributed by atoms with Gasteiger partial charge in [-0.2, -0.15) is 0 Å². The molecule has 0 bridgehead atoms. The summed E-state index contributed by atoms with van der Waals surface area (Å²) in [7, 11) is -4.47. The van der Waals surface area contributed by atoms with Crippen molar-refractivity contribution in [3.05, 3.63) is 12.2 Å². The average Bonchev–Trinajstić information content (AvgIpc) is 1.96. The molecule has 5 nitrogen and oxygen atoms in total. The summed E-state index contributed by atoms with van der Waals surface area (Å²) in [6, 6.07) is 0. The van der Waals surface area contributed by atoms with Gasteiger partial charge in [0.1, 0.15) is 15.5 Å². The Balaban J connectivity index is 0. The van der Waals surface area contributed by atoms with E-state index in [0.29, 0.717) is 0 Å². The normalized spacial score (nSPS) is 12.5. The van der Waals surface area contributed by atoms with Gasteiger partial charge in [0.25, 0.3) is 0 Å². The second-order valence-electron chi connectivity index (χ2n) is 2.64. The summed E-state index contributed by atoms with van der Waals surface area (Å²) in [5.41, 5.74) is 0.169. The Morgan fingerprint density at radius 2 is 2.00 bits per heavy atom. The monoisotopic (exact) mass is 245 g/mol. The van der Waals surface area contributed by atoms with Crippen LogP contribution >= 0.6 is 0 Å². The Morgan fingerprint density at radius 1 is 1.57 bits per heavy atom. The molecule has 7 heteroatoms. The summed E-state index contributed by atoms with van der Waals surface area (Å²) >= 11 is 0. The first-order valence-electron chi connectivity index (χ1n) is 3.70. The van der Waals surface area contributed by atoms with Gasteiger partial charge in [-0.05, 0) is 13.3 Å². The van der Waals surface area contributed by atoms with Gasteiger partial charge in [-0.15, -0.1) is 0 Å². The quantitative estimate of drug-likeness (QED) is 0.324. The first kappa shape index (κ1) is 17.2. The Kier molecular flexibility index (Phi) is 8.70. The molecule has 1 unspecified atom stereocenters. The van der Waals surface area contributed by atoms with Crippen LogP contribution in [-0.4, -0.2) is 24.3 Å². The molecule has 0 aliphatic carbocycles. The molecule has 0 spiro atoms. The third-order valence-electron chi connectivity index (χ3n) is 1.40. The largest absolute Gasteiger partial charge is 1.00 e. The number of hydrogen-bond donors (Lipinski definition) is 1. The van der Waals surface area contributed by atoms with Gasteiger partial charge in [0.05, 0.1) is 0 Å². The van der Waals surface area contributed by atoms with Gasteiger partial charge in [0.15, 0.2) is 0 Å². The van der Waals surface area contributed by atoms with E-state index in [2.05, 4.69) is 11.9 Å². The SMILES string of the molecule is C=C(C)C(=O)NC(CC)S(=O)(=O)[O-].[K+]. The third-order valence-corrected chi connectivity index (χ3v) is 2.55. The van der Waals surface area contributed by atoms with E-state index in [9.17, 15) is 17.8 Å². The van der Waals surface area contributed by atoms with E-state index < -0.39 is 21.4 Å². The molecule has 0 rings (SSSR count). The van der Waals surface area contributed by atoms with Crippen molar-refractivity contribution in [1.82, 2.24) is 5.32 Å². The molecule has 1 N–H and O–H groups in total. The van der Waals surface area contributed by atoms with Gasteiger partial charge in [-0.25, -0.2) is 8.42 Å². The Hall–Kier alpha value is 0.756. The van der Waals surface area contributed by atoms with Crippen LogP contribution in [0.4, 0.5) is 0 Å². The number of rotatable bonds is 4. The molecule has 0 fully saturated rings. The molecule has 76 valence electrons. The summed E-state index contributed by atoms with van der Waals surface area (Å²) in [5.74, 6) is -0.619. The van der Waals surface area contributed by atoms with E-state index in [1.165, 1.54) is 13.8 Å². The number of carbonyl (C=O) groups is 1. The van der Waals surface area contributed by atoms with E-state index in [4.69, 9.17) is 0 Å². The first-order chi connectivity index (χ1) is 5.79. The van der Waals surface area contributed by atoms with Crippen LogP contribution in [0.1, 0.15) is 20.3 Å². The van der Waals surface area contributed by atoms with Gasteiger partial charge in [-0.3, -0.25) is 4.79 Å². The van der Waals surface area contributed by atoms with Crippen molar-refractivity contribution in [2.45, 2.75) is 25.6 Å². The van der Waals surface area contributed by atoms with Gasteiger partial charge in [0.2, 0.25) is 5.91 Å². The van der Waals surface area contributed by atoms with Gasteiger partial charge in [0, 0.05) is 5.57 Å². The first-order valence-corrected chi connectivity index (χ1v) is 5.17. The predicted molar refractivity (Wildman–Crippen MR) is 46.7 cm³/mol. The molecular weight excluding hydrogens is 233 g/mol. The summed E-state index contributed by atoms with van der Waals surface area (Å²) in [6.07, 6.45) is 0.0465. The fraction of sp³-hybridized carbons (Fsp3) is 0.571. The minimum atomic E-state index is -4.47. The molecule has 0 aliphatic heterocycles. The van der Waals surface area contributed by atoms with E-state index in [1.807, 2.05) is 0 Å². The van der Waals surface area contributed by atoms with Crippen LogP contribution in [-0.2, 0) is 14.9 Å². The van der Waals surface area contributed by atoms with Crippen LogP contribution in [0.2, 0.25) is 0 Å². The van der Waals surface area contributed by atoms with E-state index >= 15 is 0 Å². The maximum absolute atomic E-state index is 10.9. The molecule has 0 aliphatic rings. The van der Waals surface area contributed by atoms with Crippen molar-refractivity contribution < 1.29 is 69.1 Å². The molecule has 0 aromatic rings. The second kappa shape index (κ2) is 7.10. The van der Waals surface area contributed by atoms with Gasteiger partial charge in [-0.1, -0.05) is 13.5 Å². The predicted octanol–water partition coefficient (Wildman–Crippen LogP) is -3.04. The Labute approximate surface area is 127 Å². The summed E-state index contributed by atoms with van der Waals surface area (Å²) in [4.78, 5) is 10.9. The van der Waals surface area contributed by atoms with Crippen molar-refractivity contribution >= 4 is 16.0 Å². The van der Waals surface area contributed by atoms with Crippen molar-refractivity contribution in [2.75, 3.05) is 0 Å². The summed E-state index contributed by atoms with van der Waals surface area (Å²) in [5, 5.41) is 0.703. The van der Waals surface area contributed by atoms with E-state index in [1.54, 1.807) is 0 Å². The van der Waals surface area contributed by atoms with Crippen molar-refractivity contribution in [3.63, 3.8) is 0 Å².